The number of anilines is 1. The van der Waals surface area contributed by atoms with E-state index in [9.17, 15) is 4.79 Å². The van der Waals surface area contributed by atoms with Gasteiger partial charge in [-0.05, 0) is 14.1 Å². The Morgan fingerprint density at radius 2 is 1.90 bits per heavy atom. The summed E-state index contributed by atoms with van der Waals surface area (Å²) in [6.45, 7) is 1.55. The molecule has 0 saturated carbocycles. The molecule has 0 aromatic heterocycles. The van der Waals surface area contributed by atoms with Crippen LogP contribution in [0.15, 0.2) is 12.1 Å². The van der Waals surface area contributed by atoms with E-state index in [-0.39, 0.29) is 12.5 Å². The summed E-state index contributed by atoms with van der Waals surface area (Å²) < 4.78 is 10.4. The smallest absolute Gasteiger partial charge is 0.239 e. The predicted molar refractivity (Wildman–Crippen MR) is 84.6 cm³/mol. The highest BCUT2D eigenvalue weighted by Crippen LogP contribution is 2.35. The maximum absolute atomic E-state index is 11.7. The molecule has 0 saturated heterocycles. The quantitative estimate of drug-likeness (QED) is 0.760. The number of hydrogen-bond acceptors (Lipinski definition) is 5. The van der Waals surface area contributed by atoms with Crippen LogP contribution in [0.4, 0.5) is 5.69 Å². The van der Waals surface area contributed by atoms with Crippen LogP contribution < -0.4 is 20.1 Å². The Balaban J connectivity index is 2.59. The number of halogens is 1. The zero-order chi connectivity index (χ0) is 15.8. The van der Waals surface area contributed by atoms with E-state index in [2.05, 4.69) is 10.6 Å². The van der Waals surface area contributed by atoms with E-state index in [4.69, 9.17) is 21.1 Å². The fourth-order valence-electron chi connectivity index (χ4n) is 1.66. The molecule has 0 fully saturated rings. The number of ether oxygens (including phenoxy) is 2. The lowest BCUT2D eigenvalue weighted by Gasteiger charge is -2.14. The monoisotopic (exact) mass is 315 g/mol. The molecule has 0 aliphatic heterocycles. The van der Waals surface area contributed by atoms with Crippen molar-refractivity contribution < 1.29 is 14.3 Å². The standard InChI is InChI=1S/C14H22ClN3O3/c1-18(2)6-5-16-14(19)9-17-11-8-12(20-3)10(15)7-13(11)21-4/h7-8,17H,5-6,9H2,1-4H3,(H,16,19). The van der Waals surface area contributed by atoms with Crippen molar-refractivity contribution in [3.05, 3.63) is 17.2 Å². The van der Waals surface area contributed by atoms with Crippen LogP contribution in [0.3, 0.4) is 0 Å². The highest BCUT2D eigenvalue weighted by molar-refractivity contribution is 6.32. The van der Waals surface area contributed by atoms with Crippen molar-refractivity contribution in [1.82, 2.24) is 10.2 Å². The van der Waals surface area contributed by atoms with Gasteiger partial charge in [-0.15, -0.1) is 0 Å². The summed E-state index contributed by atoms with van der Waals surface area (Å²) in [5.41, 5.74) is 0.654. The first-order chi connectivity index (χ1) is 9.97. The molecule has 7 heteroatoms. The molecular formula is C14H22ClN3O3. The highest BCUT2D eigenvalue weighted by atomic mass is 35.5. The van der Waals surface area contributed by atoms with Crippen LogP contribution in [0.25, 0.3) is 0 Å². The lowest BCUT2D eigenvalue weighted by molar-refractivity contribution is -0.119. The second-order valence-corrected chi connectivity index (χ2v) is 5.10. The van der Waals surface area contributed by atoms with Gasteiger partial charge in [-0.2, -0.15) is 0 Å². The molecule has 2 N–H and O–H groups in total. The van der Waals surface area contributed by atoms with Gasteiger partial charge in [0.05, 0.1) is 31.5 Å². The molecular weight excluding hydrogens is 294 g/mol. The lowest BCUT2D eigenvalue weighted by atomic mass is 10.2. The minimum Gasteiger partial charge on any atom is -0.495 e. The van der Waals surface area contributed by atoms with E-state index >= 15 is 0 Å². The van der Waals surface area contributed by atoms with E-state index in [0.29, 0.717) is 28.8 Å². The number of amides is 1. The number of methoxy groups -OCH3 is 2. The van der Waals surface area contributed by atoms with Crippen molar-refractivity contribution in [3.63, 3.8) is 0 Å². The maximum atomic E-state index is 11.7. The van der Waals surface area contributed by atoms with E-state index in [1.54, 1.807) is 19.2 Å². The summed E-state index contributed by atoms with van der Waals surface area (Å²) in [5, 5.41) is 6.29. The molecule has 0 spiro atoms. The fourth-order valence-corrected chi connectivity index (χ4v) is 1.89. The Morgan fingerprint density at radius 1 is 1.24 bits per heavy atom. The summed E-state index contributed by atoms with van der Waals surface area (Å²) >= 11 is 6.02. The number of benzene rings is 1. The molecule has 1 aromatic rings. The van der Waals surface area contributed by atoms with Gasteiger partial charge in [-0.3, -0.25) is 4.79 Å². The number of nitrogens with one attached hydrogen (secondary N) is 2. The Kier molecular flexibility index (Phi) is 7.11. The summed E-state index contributed by atoms with van der Waals surface area (Å²) in [7, 11) is 6.98. The van der Waals surface area contributed by atoms with E-state index < -0.39 is 0 Å². The van der Waals surface area contributed by atoms with Gasteiger partial charge in [0.15, 0.2) is 0 Å². The normalized spacial score (nSPS) is 10.4. The fraction of sp³-hybridized carbons (Fsp3) is 0.500. The molecule has 0 atom stereocenters. The van der Waals surface area contributed by atoms with Gasteiger partial charge >= 0.3 is 0 Å². The zero-order valence-electron chi connectivity index (χ0n) is 12.8. The number of rotatable bonds is 8. The molecule has 1 rings (SSSR count). The predicted octanol–water partition coefficient (Wildman–Crippen LogP) is 1.45. The van der Waals surface area contributed by atoms with Crippen molar-refractivity contribution in [2.75, 3.05) is 53.3 Å². The second-order valence-electron chi connectivity index (χ2n) is 4.69. The highest BCUT2D eigenvalue weighted by Gasteiger charge is 2.10. The summed E-state index contributed by atoms with van der Waals surface area (Å²) in [6, 6.07) is 3.35. The van der Waals surface area contributed by atoms with Crippen molar-refractivity contribution in [1.29, 1.82) is 0 Å². The van der Waals surface area contributed by atoms with Crippen LogP contribution in [-0.4, -0.2) is 58.8 Å². The van der Waals surface area contributed by atoms with Crippen molar-refractivity contribution in [3.8, 4) is 11.5 Å². The van der Waals surface area contributed by atoms with Crippen LogP contribution in [-0.2, 0) is 4.79 Å². The average Bonchev–Trinajstić information content (AvgIpc) is 2.45. The van der Waals surface area contributed by atoms with Crippen molar-refractivity contribution in [2.45, 2.75) is 0 Å². The molecule has 1 amide bonds. The summed E-state index contributed by atoms with van der Waals surface area (Å²) in [5.74, 6) is 0.989. The summed E-state index contributed by atoms with van der Waals surface area (Å²) in [4.78, 5) is 13.7. The molecule has 0 radical (unpaired) electrons. The van der Waals surface area contributed by atoms with Gasteiger partial charge < -0.3 is 25.0 Å². The van der Waals surface area contributed by atoms with Gasteiger partial charge in [0, 0.05) is 25.2 Å². The first-order valence-electron chi connectivity index (χ1n) is 6.54. The van der Waals surface area contributed by atoms with Gasteiger partial charge in [0.1, 0.15) is 11.5 Å². The van der Waals surface area contributed by atoms with Crippen LogP contribution in [0.1, 0.15) is 0 Å². The number of likely N-dealkylation sites (N-methyl/N-ethyl adjacent to an activating group) is 1. The molecule has 118 valence electrons. The van der Waals surface area contributed by atoms with Crippen molar-refractivity contribution >= 4 is 23.2 Å². The van der Waals surface area contributed by atoms with Crippen molar-refractivity contribution in [2.24, 2.45) is 0 Å². The largest absolute Gasteiger partial charge is 0.495 e. The molecule has 0 bridgehead atoms. The Hall–Kier alpha value is -1.66. The Morgan fingerprint density at radius 3 is 2.48 bits per heavy atom. The van der Waals surface area contributed by atoms with Crippen LogP contribution >= 0.6 is 11.6 Å². The van der Waals surface area contributed by atoms with Crippen LogP contribution in [0.5, 0.6) is 11.5 Å². The topological polar surface area (TPSA) is 62.8 Å². The zero-order valence-corrected chi connectivity index (χ0v) is 13.6. The first-order valence-corrected chi connectivity index (χ1v) is 6.92. The number of carbonyl (C=O) groups excluding carboxylic acids is 1. The van der Waals surface area contributed by atoms with E-state index in [1.165, 1.54) is 7.11 Å². The maximum Gasteiger partial charge on any atom is 0.239 e. The molecule has 21 heavy (non-hydrogen) atoms. The van der Waals surface area contributed by atoms with Crippen LogP contribution in [0, 0.1) is 0 Å². The minimum absolute atomic E-state index is 0.0900. The number of hydrogen-bond donors (Lipinski definition) is 2. The second kappa shape index (κ2) is 8.59. The van der Waals surface area contributed by atoms with Gasteiger partial charge in [-0.25, -0.2) is 0 Å². The third-order valence-corrected chi connectivity index (χ3v) is 3.09. The van der Waals surface area contributed by atoms with Gasteiger partial charge in [0.2, 0.25) is 5.91 Å². The Labute approximate surface area is 130 Å². The van der Waals surface area contributed by atoms with E-state index in [1.807, 2.05) is 19.0 Å². The average molecular weight is 316 g/mol. The molecule has 0 unspecified atom stereocenters. The third-order valence-electron chi connectivity index (χ3n) is 2.79. The first kappa shape index (κ1) is 17.4. The molecule has 1 aromatic carbocycles. The third kappa shape index (κ3) is 5.69. The number of nitrogens with zero attached hydrogens (tertiary/aromatic N) is 1. The van der Waals surface area contributed by atoms with Crippen LogP contribution in [0.2, 0.25) is 5.02 Å². The molecule has 0 aliphatic carbocycles. The SMILES string of the molecule is COc1cc(NCC(=O)NCCN(C)C)c(OC)cc1Cl. The molecule has 6 nitrogen and oxygen atoms in total. The summed E-state index contributed by atoms with van der Waals surface area (Å²) in [6.07, 6.45) is 0. The number of carbonyl (C=O) groups is 1. The minimum atomic E-state index is -0.0900. The van der Waals surface area contributed by atoms with Gasteiger partial charge in [-0.1, -0.05) is 11.6 Å². The molecule has 0 heterocycles. The van der Waals surface area contributed by atoms with E-state index in [0.717, 1.165) is 6.54 Å². The Bertz CT molecular complexity index is 481. The van der Waals surface area contributed by atoms with Gasteiger partial charge in [0.25, 0.3) is 0 Å². The lowest BCUT2D eigenvalue weighted by Crippen LogP contribution is -2.35. The molecule has 0 aliphatic rings.